The SMILES string of the molecule is CS(C)(C)C12CC3CC(C1)CC(S(C)(C)C)(C3)C2. The van der Waals surface area contributed by atoms with Gasteiger partial charge in [-0.05, 0) is 87.9 Å². The minimum Gasteiger partial charge on any atom is -0.244 e. The Balaban J connectivity index is 2.03. The predicted octanol–water partition coefficient (Wildman–Crippen LogP) is 4.47. The molecule has 0 aromatic carbocycles. The summed E-state index contributed by atoms with van der Waals surface area (Å²) in [7, 11) is -0.814. The second kappa shape index (κ2) is 3.67. The van der Waals surface area contributed by atoms with Gasteiger partial charge in [0.25, 0.3) is 0 Å². The summed E-state index contributed by atoms with van der Waals surface area (Å²) in [5.74, 6) is 2.18. The van der Waals surface area contributed by atoms with Crippen LogP contribution in [0.5, 0.6) is 0 Å². The van der Waals surface area contributed by atoms with Gasteiger partial charge in [0, 0.05) is 9.49 Å². The molecule has 4 fully saturated rings. The smallest absolute Gasteiger partial charge is 0.00132 e. The molecular formula is C16H32S2. The van der Waals surface area contributed by atoms with Gasteiger partial charge in [0.15, 0.2) is 0 Å². The lowest BCUT2D eigenvalue weighted by atomic mass is 9.55. The summed E-state index contributed by atoms with van der Waals surface area (Å²) in [5, 5.41) is 0. The molecule has 0 N–H and O–H groups in total. The molecule has 0 atom stereocenters. The fraction of sp³-hybridized carbons (Fsp3) is 1.00. The minimum atomic E-state index is -0.407. The maximum atomic E-state index is 2.60. The second-order valence-electron chi connectivity index (χ2n) is 9.00. The number of rotatable bonds is 2. The summed E-state index contributed by atoms with van der Waals surface area (Å²) in [4.78, 5) is 0. The molecule has 18 heavy (non-hydrogen) atoms. The quantitative estimate of drug-likeness (QED) is 0.703. The first-order valence-corrected chi connectivity index (χ1v) is 13.1. The van der Waals surface area contributed by atoms with Crippen LogP contribution in [0.3, 0.4) is 0 Å². The molecule has 0 spiro atoms. The third kappa shape index (κ3) is 1.74. The van der Waals surface area contributed by atoms with Gasteiger partial charge in [0.05, 0.1) is 0 Å². The maximum Gasteiger partial charge on any atom is 0.00132 e. The van der Waals surface area contributed by atoms with E-state index in [9.17, 15) is 0 Å². The van der Waals surface area contributed by atoms with E-state index in [0.717, 1.165) is 21.3 Å². The van der Waals surface area contributed by atoms with E-state index in [1.165, 1.54) is 0 Å². The van der Waals surface area contributed by atoms with E-state index >= 15 is 0 Å². The van der Waals surface area contributed by atoms with Crippen LogP contribution >= 0.6 is 20.1 Å². The Hall–Kier alpha value is 0.700. The monoisotopic (exact) mass is 288 g/mol. The van der Waals surface area contributed by atoms with Gasteiger partial charge in [-0.25, -0.2) is 20.1 Å². The van der Waals surface area contributed by atoms with E-state index < -0.39 is 20.1 Å². The highest BCUT2D eigenvalue weighted by atomic mass is 32.3. The Kier molecular flexibility index (Phi) is 2.78. The van der Waals surface area contributed by atoms with Gasteiger partial charge in [0.1, 0.15) is 0 Å². The highest BCUT2D eigenvalue weighted by Crippen LogP contribution is 2.76. The Bertz CT molecular complexity index is 312. The molecule has 4 saturated carbocycles. The lowest BCUT2D eigenvalue weighted by Crippen LogP contribution is -2.61. The van der Waals surface area contributed by atoms with Crippen molar-refractivity contribution in [3.63, 3.8) is 0 Å². The van der Waals surface area contributed by atoms with Crippen LogP contribution in [0, 0.1) is 11.8 Å². The first kappa shape index (κ1) is 13.7. The molecule has 4 bridgehead atoms. The van der Waals surface area contributed by atoms with Gasteiger partial charge in [-0.15, -0.1) is 0 Å². The Morgan fingerprint density at radius 1 is 0.667 bits per heavy atom. The van der Waals surface area contributed by atoms with Gasteiger partial charge in [-0.2, -0.15) is 0 Å². The fourth-order valence-electron chi connectivity index (χ4n) is 5.53. The molecule has 0 heterocycles. The fourth-order valence-corrected chi connectivity index (χ4v) is 9.98. The number of hydrogen-bond acceptors (Lipinski definition) is 0. The third-order valence-electron chi connectivity index (χ3n) is 6.55. The van der Waals surface area contributed by atoms with Crippen molar-refractivity contribution in [3.8, 4) is 0 Å². The molecule has 0 aromatic heterocycles. The zero-order valence-corrected chi connectivity index (χ0v) is 14.8. The van der Waals surface area contributed by atoms with E-state index in [2.05, 4.69) is 37.5 Å². The summed E-state index contributed by atoms with van der Waals surface area (Å²) in [5.41, 5.74) is 0. The Morgan fingerprint density at radius 3 is 1.28 bits per heavy atom. The van der Waals surface area contributed by atoms with Crippen molar-refractivity contribution in [1.29, 1.82) is 0 Å². The topological polar surface area (TPSA) is 0 Å². The van der Waals surface area contributed by atoms with Crippen LogP contribution < -0.4 is 0 Å². The predicted molar refractivity (Wildman–Crippen MR) is 90.9 cm³/mol. The molecule has 4 rings (SSSR count). The molecule has 0 aromatic rings. The molecule has 0 radical (unpaired) electrons. The molecular weight excluding hydrogens is 256 g/mol. The molecule has 2 heteroatoms. The summed E-state index contributed by atoms with van der Waals surface area (Å²) in [6.07, 6.45) is 25.1. The molecule has 0 aliphatic heterocycles. The first-order chi connectivity index (χ1) is 8.07. The van der Waals surface area contributed by atoms with Crippen LogP contribution in [0.2, 0.25) is 0 Å². The Labute approximate surface area is 117 Å². The van der Waals surface area contributed by atoms with Crippen molar-refractivity contribution in [2.45, 2.75) is 48.0 Å². The van der Waals surface area contributed by atoms with Crippen LogP contribution in [-0.2, 0) is 0 Å². The maximum absolute atomic E-state index is 2.60. The average Bonchev–Trinajstić information content (AvgIpc) is 2.11. The third-order valence-corrected chi connectivity index (χ3v) is 12.7. The minimum absolute atomic E-state index is 0.407. The lowest BCUT2D eigenvalue weighted by molar-refractivity contribution is 0.0542. The molecule has 0 amide bonds. The second-order valence-corrected chi connectivity index (χ2v) is 18.1. The summed E-state index contributed by atoms with van der Waals surface area (Å²) in [6.45, 7) is 0. The normalized spacial score (nSPS) is 49.4. The van der Waals surface area contributed by atoms with Gasteiger partial charge in [-0.3, -0.25) is 0 Å². The van der Waals surface area contributed by atoms with E-state index in [1.54, 1.807) is 38.5 Å². The van der Waals surface area contributed by atoms with Gasteiger partial charge >= 0.3 is 0 Å². The largest absolute Gasteiger partial charge is 0.244 e. The van der Waals surface area contributed by atoms with Gasteiger partial charge in [-0.1, -0.05) is 0 Å². The van der Waals surface area contributed by atoms with E-state index in [0.29, 0.717) is 0 Å². The Morgan fingerprint density at radius 2 is 1.00 bits per heavy atom. The lowest BCUT2D eigenvalue weighted by Gasteiger charge is -2.71. The molecule has 4 aliphatic rings. The van der Waals surface area contributed by atoms with Crippen molar-refractivity contribution in [2.75, 3.05) is 37.5 Å². The molecule has 4 aliphatic carbocycles. The van der Waals surface area contributed by atoms with Crippen molar-refractivity contribution in [2.24, 2.45) is 11.8 Å². The number of hydrogen-bond donors (Lipinski definition) is 0. The molecule has 0 nitrogen and oxygen atoms in total. The van der Waals surface area contributed by atoms with Crippen LogP contribution in [0.1, 0.15) is 38.5 Å². The highest BCUT2D eigenvalue weighted by molar-refractivity contribution is 8.34. The summed E-state index contributed by atoms with van der Waals surface area (Å²) >= 11 is 0. The standard InChI is InChI=1S/C16H32S2/c1-17(2,3)15-8-13-7-14(9-15)11-16(10-13,12-15)18(4,5)6/h13-14H,7-12H2,1-6H3. The highest BCUT2D eigenvalue weighted by Gasteiger charge is 2.62. The van der Waals surface area contributed by atoms with E-state index in [4.69, 9.17) is 0 Å². The van der Waals surface area contributed by atoms with E-state index in [1.807, 2.05) is 0 Å². The zero-order chi connectivity index (χ0) is 13.4. The molecule has 108 valence electrons. The zero-order valence-electron chi connectivity index (χ0n) is 13.2. The van der Waals surface area contributed by atoms with E-state index in [-0.39, 0.29) is 0 Å². The van der Waals surface area contributed by atoms with Crippen molar-refractivity contribution in [1.82, 2.24) is 0 Å². The van der Waals surface area contributed by atoms with Crippen LogP contribution in [0.25, 0.3) is 0 Å². The molecule has 0 saturated heterocycles. The van der Waals surface area contributed by atoms with Crippen molar-refractivity contribution >= 4 is 20.1 Å². The average molecular weight is 289 g/mol. The van der Waals surface area contributed by atoms with Gasteiger partial charge < -0.3 is 0 Å². The van der Waals surface area contributed by atoms with Crippen molar-refractivity contribution < 1.29 is 0 Å². The van der Waals surface area contributed by atoms with Crippen LogP contribution in [0.15, 0.2) is 0 Å². The summed E-state index contributed by atoms with van der Waals surface area (Å²) in [6, 6.07) is 0. The first-order valence-electron chi connectivity index (χ1n) is 7.43. The van der Waals surface area contributed by atoms with Crippen molar-refractivity contribution in [3.05, 3.63) is 0 Å². The van der Waals surface area contributed by atoms with Gasteiger partial charge in [0.2, 0.25) is 0 Å². The van der Waals surface area contributed by atoms with Crippen LogP contribution in [0.4, 0.5) is 0 Å². The van der Waals surface area contributed by atoms with Crippen LogP contribution in [-0.4, -0.2) is 47.0 Å². The molecule has 0 unspecified atom stereocenters. The summed E-state index contributed by atoms with van der Waals surface area (Å²) < 4.78 is 1.52.